The minimum atomic E-state index is 1.06. The minimum Gasteiger partial charge on any atom is -0.310 e. The van der Waals surface area contributed by atoms with Gasteiger partial charge in [0.15, 0.2) is 0 Å². The fourth-order valence-corrected chi connectivity index (χ4v) is 9.65. The molecule has 0 radical (unpaired) electrons. The van der Waals surface area contributed by atoms with E-state index in [1.807, 2.05) is 59.9 Å². The molecule has 0 saturated heterocycles. The average molecular weight is 921 g/mol. The molecule has 11 rings (SSSR count). The third kappa shape index (κ3) is 8.17. The molecule has 11 aromatic rings. The third-order valence-corrected chi connectivity index (χ3v) is 12.7. The summed E-state index contributed by atoms with van der Waals surface area (Å²) < 4.78 is 7.27. The molecule has 0 amide bonds. The highest BCUT2D eigenvalue weighted by molar-refractivity contribution is 9.10. The van der Waals surface area contributed by atoms with Gasteiger partial charge in [-0.3, -0.25) is 0 Å². The summed E-state index contributed by atoms with van der Waals surface area (Å²) in [5.74, 6) is 0. The molecule has 2 heterocycles. The van der Waals surface area contributed by atoms with Crippen LogP contribution in [0.4, 0.5) is 17.1 Å². The second-order valence-electron chi connectivity index (χ2n) is 14.5. The van der Waals surface area contributed by atoms with Crippen molar-refractivity contribution >= 4 is 102 Å². The summed E-state index contributed by atoms with van der Waals surface area (Å²) in [5.41, 5.74) is 10.5. The Labute approximate surface area is 371 Å². The molecule has 0 atom stereocenters. The van der Waals surface area contributed by atoms with Crippen LogP contribution in [0.2, 0.25) is 0 Å². The Morgan fingerprint density at radius 1 is 0.433 bits per heavy atom. The molecule has 0 saturated carbocycles. The predicted octanol–water partition coefficient (Wildman–Crippen LogP) is 17.5. The van der Waals surface area contributed by atoms with Crippen LogP contribution in [-0.2, 0) is 0 Å². The van der Waals surface area contributed by atoms with Gasteiger partial charge < -0.3 is 9.47 Å². The van der Waals surface area contributed by atoms with E-state index in [-0.39, 0.29) is 0 Å². The van der Waals surface area contributed by atoms with E-state index < -0.39 is 0 Å². The molecule has 0 aliphatic rings. The maximum atomic E-state index is 3.70. The lowest BCUT2D eigenvalue weighted by atomic mass is 10.0. The lowest BCUT2D eigenvalue weighted by Gasteiger charge is -2.28. The molecule has 60 heavy (non-hydrogen) atoms. The highest BCUT2D eigenvalue weighted by Gasteiger charge is 2.22. The monoisotopic (exact) mass is 918 g/mol. The average Bonchev–Trinajstić information content (AvgIpc) is 3.84. The number of fused-ring (bicyclic) bond motifs is 7. The molecule has 0 N–H and O–H groups in total. The number of rotatable bonds is 5. The molecule has 0 aliphatic carbocycles. The van der Waals surface area contributed by atoms with Gasteiger partial charge in [0.2, 0.25) is 0 Å². The van der Waals surface area contributed by atoms with Gasteiger partial charge in [-0.1, -0.05) is 177 Å². The smallest absolute Gasteiger partial charge is 0.0562 e. The molecule has 2 nitrogen and oxygen atoms in total. The van der Waals surface area contributed by atoms with E-state index in [9.17, 15) is 0 Å². The largest absolute Gasteiger partial charge is 0.310 e. The molecule has 0 spiro atoms. The summed E-state index contributed by atoms with van der Waals surface area (Å²) >= 11 is 8.88. The first-order valence-corrected chi connectivity index (χ1v) is 22.3. The van der Waals surface area contributed by atoms with Crippen molar-refractivity contribution in [1.29, 1.82) is 0 Å². The highest BCUT2D eigenvalue weighted by Crippen LogP contribution is 2.46. The second kappa shape index (κ2) is 17.9. The van der Waals surface area contributed by atoms with Gasteiger partial charge in [-0.15, -0.1) is 11.3 Å². The maximum Gasteiger partial charge on any atom is 0.0562 e. The van der Waals surface area contributed by atoms with E-state index >= 15 is 0 Å². The third-order valence-electron chi connectivity index (χ3n) is 10.5. The molecule has 5 heteroatoms. The molecule has 290 valence electrons. The second-order valence-corrected chi connectivity index (χ2v) is 17.4. The Morgan fingerprint density at radius 2 is 1.07 bits per heavy atom. The quantitative estimate of drug-likeness (QED) is 0.167. The molecule has 0 bridgehead atoms. The summed E-state index contributed by atoms with van der Waals surface area (Å²) in [7, 11) is 0. The Kier molecular flexibility index (Phi) is 11.7. The first-order chi connectivity index (χ1) is 29.5. The number of halogens is 2. The molecular formula is C55H40Br2N2S. The van der Waals surface area contributed by atoms with E-state index in [0.29, 0.717) is 0 Å². The first-order valence-electron chi connectivity index (χ1n) is 19.9. The number of para-hydroxylation sites is 3. The van der Waals surface area contributed by atoms with Gasteiger partial charge in [0, 0.05) is 62.5 Å². The number of hydrogen-bond donors (Lipinski definition) is 0. The number of nitrogens with zero attached hydrogens (tertiary/aromatic N) is 2. The Bertz CT molecular complexity index is 3140. The van der Waals surface area contributed by atoms with Crippen molar-refractivity contribution in [2.75, 3.05) is 4.90 Å². The summed E-state index contributed by atoms with van der Waals surface area (Å²) in [6, 6.07) is 79.3. The minimum absolute atomic E-state index is 1.06. The zero-order chi connectivity index (χ0) is 40.8. The van der Waals surface area contributed by atoms with Crippen molar-refractivity contribution in [3.63, 3.8) is 0 Å². The van der Waals surface area contributed by atoms with Crippen molar-refractivity contribution in [3.8, 4) is 16.8 Å². The van der Waals surface area contributed by atoms with Crippen molar-refractivity contribution in [2.45, 2.75) is 6.92 Å². The van der Waals surface area contributed by atoms with Gasteiger partial charge >= 0.3 is 0 Å². The topological polar surface area (TPSA) is 8.17 Å². The molecule has 0 fully saturated rings. The van der Waals surface area contributed by atoms with E-state index in [1.54, 1.807) is 0 Å². The zero-order valence-corrected chi connectivity index (χ0v) is 36.9. The number of aromatic nitrogens is 1. The molecule has 9 aromatic carbocycles. The van der Waals surface area contributed by atoms with Crippen molar-refractivity contribution in [2.24, 2.45) is 0 Å². The zero-order valence-electron chi connectivity index (χ0n) is 32.9. The standard InChI is InChI=1S/C42H27BrN2S.C7H8.C6H5Br/c43-29-13-11-12-28(26-29)33-18-7-9-20-36(33)44(30-14-3-1-4-15-30)32-22-23-34-38(27-32)45(31-16-5-2-6-17-31)37-24-25-40-42(41(34)37)35-19-8-10-21-39(35)46-40;1-7-5-3-2-4-6-7;7-6-4-2-1-3-5-6/h1-27H;2-6H,1H3;1-5H. The van der Waals surface area contributed by atoms with Gasteiger partial charge in [-0.05, 0) is 97.4 Å². The van der Waals surface area contributed by atoms with E-state index in [1.165, 1.54) is 53.1 Å². The molecule has 2 aromatic heterocycles. The van der Waals surface area contributed by atoms with Crippen LogP contribution in [0, 0.1) is 6.92 Å². The fourth-order valence-electron chi connectivity index (χ4n) is 7.83. The van der Waals surface area contributed by atoms with Gasteiger partial charge in [0.05, 0.1) is 16.7 Å². The van der Waals surface area contributed by atoms with Crippen molar-refractivity contribution < 1.29 is 0 Å². The Hall–Kier alpha value is -6.24. The van der Waals surface area contributed by atoms with Crippen molar-refractivity contribution in [3.05, 3.63) is 239 Å². The van der Waals surface area contributed by atoms with Crippen LogP contribution >= 0.6 is 43.2 Å². The fraction of sp³-hybridized carbons (Fsp3) is 0.0182. The molecular weight excluding hydrogens is 880 g/mol. The van der Waals surface area contributed by atoms with Gasteiger partial charge in [0.1, 0.15) is 0 Å². The summed E-state index contributed by atoms with van der Waals surface area (Å²) in [5, 5.41) is 5.22. The van der Waals surface area contributed by atoms with E-state index in [2.05, 4.69) is 224 Å². The van der Waals surface area contributed by atoms with E-state index in [0.717, 1.165) is 37.3 Å². The lowest BCUT2D eigenvalue weighted by Crippen LogP contribution is -2.11. The highest BCUT2D eigenvalue weighted by atomic mass is 79.9. The molecule has 0 unspecified atom stereocenters. The predicted molar refractivity (Wildman–Crippen MR) is 267 cm³/mol. The SMILES string of the molecule is Brc1cccc(-c2ccccc2N(c2ccccc2)c2ccc3c4c5c(ccc4n(-c4ccccc4)c3c2)sc2ccccc25)c1.Brc1ccccc1.Cc1ccccc1. The Morgan fingerprint density at radius 3 is 1.75 bits per heavy atom. The maximum absolute atomic E-state index is 3.70. The van der Waals surface area contributed by atoms with Crippen LogP contribution in [-0.4, -0.2) is 4.57 Å². The van der Waals surface area contributed by atoms with Gasteiger partial charge in [-0.25, -0.2) is 0 Å². The lowest BCUT2D eigenvalue weighted by molar-refractivity contribution is 1.18. The first kappa shape index (κ1) is 39.2. The van der Waals surface area contributed by atoms with Gasteiger partial charge in [-0.2, -0.15) is 0 Å². The summed E-state index contributed by atoms with van der Waals surface area (Å²) in [6.07, 6.45) is 0. The van der Waals surface area contributed by atoms with Crippen LogP contribution in [0.5, 0.6) is 0 Å². The number of hydrogen-bond acceptors (Lipinski definition) is 2. The number of aryl methyl sites for hydroxylation is 1. The van der Waals surface area contributed by atoms with Crippen LogP contribution < -0.4 is 4.90 Å². The van der Waals surface area contributed by atoms with Gasteiger partial charge in [0.25, 0.3) is 0 Å². The molecule has 0 aliphatic heterocycles. The summed E-state index contributed by atoms with van der Waals surface area (Å²) in [4.78, 5) is 2.39. The van der Waals surface area contributed by atoms with Crippen LogP contribution in [0.15, 0.2) is 233 Å². The van der Waals surface area contributed by atoms with Crippen LogP contribution in [0.3, 0.4) is 0 Å². The summed E-state index contributed by atoms with van der Waals surface area (Å²) in [6.45, 7) is 2.08. The van der Waals surface area contributed by atoms with Crippen LogP contribution in [0.1, 0.15) is 5.56 Å². The Balaban J connectivity index is 0.000000280. The van der Waals surface area contributed by atoms with E-state index in [4.69, 9.17) is 0 Å². The number of thiophene rings is 1. The number of anilines is 3. The van der Waals surface area contributed by atoms with Crippen LogP contribution in [0.25, 0.3) is 58.8 Å². The van der Waals surface area contributed by atoms with Crippen molar-refractivity contribution in [1.82, 2.24) is 4.57 Å². The normalized spacial score (nSPS) is 10.9. The number of benzene rings is 9.